The van der Waals surface area contributed by atoms with Crippen LogP contribution >= 0.6 is 12.4 Å². The molecule has 0 aromatic heterocycles. The first kappa shape index (κ1) is 17.0. The molecular formula is C21H22ClNO. The van der Waals surface area contributed by atoms with E-state index in [0.717, 1.165) is 13.0 Å². The van der Waals surface area contributed by atoms with Crippen LogP contribution in [0.3, 0.4) is 0 Å². The SMILES string of the molecule is CCC(CO)NCc1ccc2ccc3cccc4ccc1c2c34.Cl. The molecule has 0 amide bonds. The molecule has 0 saturated heterocycles. The van der Waals surface area contributed by atoms with Crippen molar-refractivity contribution in [2.45, 2.75) is 25.9 Å². The molecule has 4 aromatic carbocycles. The van der Waals surface area contributed by atoms with Crippen molar-refractivity contribution in [3.63, 3.8) is 0 Å². The van der Waals surface area contributed by atoms with Crippen LogP contribution in [0.5, 0.6) is 0 Å². The van der Waals surface area contributed by atoms with E-state index >= 15 is 0 Å². The van der Waals surface area contributed by atoms with Gasteiger partial charge in [-0.05, 0) is 44.3 Å². The van der Waals surface area contributed by atoms with Gasteiger partial charge < -0.3 is 10.4 Å². The zero-order valence-corrected chi connectivity index (χ0v) is 14.6. The molecule has 0 spiro atoms. The summed E-state index contributed by atoms with van der Waals surface area (Å²) in [6.07, 6.45) is 0.933. The third-order valence-electron chi connectivity index (χ3n) is 4.91. The van der Waals surface area contributed by atoms with Crippen LogP contribution in [0.1, 0.15) is 18.9 Å². The van der Waals surface area contributed by atoms with Crippen molar-refractivity contribution in [2.24, 2.45) is 0 Å². The van der Waals surface area contributed by atoms with E-state index in [9.17, 15) is 5.11 Å². The summed E-state index contributed by atoms with van der Waals surface area (Å²) in [6.45, 7) is 3.06. The molecule has 24 heavy (non-hydrogen) atoms. The quantitative estimate of drug-likeness (QED) is 0.508. The molecule has 0 bridgehead atoms. The van der Waals surface area contributed by atoms with Crippen LogP contribution in [-0.4, -0.2) is 17.8 Å². The monoisotopic (exact) mass is 339 g/mol. The minimum absolute atomic E-state index is 0. The third kappa shape index (κ3) is 2.71. The van der Waals surface area contributed by atoms with Crippen molar-refractivity contribution in [3.05, 3.63) is 60.2 Å². The summed E-state index contributed by atoms with van der Waals surface area (Å²) in [7, 11) is 0. The van der Waals surface area contributed by atoms with Crippen LogP contribution in [0.25, 0.3) is 32.3 Å². The lowest BCUT2D eigenvalue weighted by atomic mass is 9.92. The van der Waals surface area contributed by atoms with Crippen LogP contribution in [-0.2, 0) is 6.54 Å². The lowest BCUT2D eigenvalue weighted by Crippen LogP contribution is -2.31. The first-order valence-electron chi connectivity index (χ1n) is 8.31. The van der Waals surface area contributed by atoms with Gasteiger partial charge in [0.1, 0.15) is 0 Å². The summed E-state index contributed by atoms with van der Waals surface area (Å²) in [6, 6.07) is 20.0. The predicted molar refractivity (Wildman–Crippen MR) is 105 cm³/mol. The summed E-state index contributed by atoms with van der Waals surface area (Å²) in [5.41, 5.74) is 1.29. The number of nitrogens with one attached hydrogen (secondary N) is 1. The number of hydrogen-bond donors (Lipinski definition) is 2. The molecule has 0 fully saturated rings. The van der Waals surface area contributed by atoms with Gasteiger partial charge in [-0.2, -0.15) is 0 Å². The zero-order chi connectivity index (χ0) is 15.8. The molecule has 4 rings (SSSR count). The molecular weight excluding hydrogens is 318 g/mol. The van der Waals surface area contributed by atoms with Crippen molar-refractivity contribution < 1.29 is 5.11 Å². The Hall–Kier alpha value is -1.87. The van der Waals surface area contributed by atoms with E-state index < -0.39 is 0 Å². The minimum atomic E-state index is 0. The van der Waals surface area contributed by atoms with Crippen molar-refractivity contribution in [2.75, 3.05) is 6.61 Å². The molecule has 0 radical (unpaired) electrons. The molecule has 0 aliphatic heterocycles. The van der Waals surface area contributed by atoms with E-state index in [1.807, 2.05) is 0 Å². The van der Waals surface area contributed by atoms with Crippen LogP contribution < -0.4 is 5.32 Å². The molecule has 0 heterocycles. The van der Waals surface area contributed by atoms with Gasteiger partial charge in [0.15, 0.2) is 0 Å². The van der Waals surface area contributed by atoms with Crippen LogP contribution in [0.15, 0.2) is 54.6 Å². The van der Waals surface area contributed by atoms with E-state index in [1.54, 1.807) is 0 Å². The maximum Gasteiger partial charge on any atom is 0.0584 e. The fourth-order valence-electron chi connectivity index (χ4n) is 3.54. The highest BCUT2D eigenvalue weighted by Gasteiger charge is 2.11. The highest BCUT2D eigenvalue weighted by Crippen LogP contribution is 2.35. The van der Waals surface area contributed by atoms with Gasteiger partial charge in [0.25, 0.3) is 0 Å². The third-order valence-corrected chi connectivity index (χ3v) is 4.91. The Balaban J connectivity index is 0.00000169. The normalized spacial score (nSPS) is 12.8. The first-order valence-corrected chi connectivity index (χ1v) is 8.31. The molecule has 2 nitrogen and oxygen atoms in total. The molecule has 0 aliphatic carbocycles. The Labute approximate surface area is 148 Å². The fraction of sp³-hybridized carbons (Fsp3) is 0.238. The second-order valence-electron chi connectivity index (χ2n) is 6.25. The Bertz CT molecular complexity index is 946. The van der Waals surface area contributed by atoms with Gasteiger partial charge in [-0.25, -0.2) is 0 Å². The second-order valence-corrected chi connectivity index (χ2v) is 6.25. The average molecular weight is 340 g/mol. The molecule has 1 atom stereocenters. The summed E-state index contributed by atoms with van der Waals surface area (Å²) in [5, 5.41) is 20.8. The molecule has 124 valence electrons. The summed E-state index contributed by atoms with van der Waals surface area (Å²) < 4.78 is 0. The standard InChI is InChI=1S/C21H21NO.ClH/c1-2-18(13-23)22-12-17-9-8-16-7-6-14-4-3-5-15-10-11-19(17)21(16)20(14)15;/h3-11,18,22-23H,2,12-13H2,1H3;1H. The number of rotatable bonds is 5. The minimum Gasteiger partial charge on any atom is -0.395 e. The van der Waals surface area contributed by atoms with Crippen molar-refractivity contribution in [1.29, 1.82) is 0 Å². The van der Waals surface area contributed by atoms with E-state index in [0.29, 0.717) is 0 Å². The largest absolute Gasteiger partial charge is 0.395 e. The Morgan fingerprint density at radius 3 is 2.17 bits per heavy atom. The van der Waals surface area contributed by atoms with Gasteiger partial charge in [-0.3, -0.25) is 0 Å². The summed E-state index contributed by atoms with van der Waals surface area (Å²) in [5.74, 6) is 0. The molecule has 4 aromatic rings. The molecule has 2 N–H and O–H groups in total. The second kappa shape index (κ2) is 6.94. The predicted octanol–water partition coefficient (Wildman–Crippen LogP) is 4.87. The number of halogens is 1. The van der Waals surface area contributed by atoms with Gasteiger partial charge in [-0.15, -0.1) is 12.4 Å². The maximum absolute atomic E-state index is 9.38. The smallest absolute Gasteiger partial charge is 0.0584 e. The lowest BCUT2D eigenvalue weighted by molar-refractivity contribution is 0.238. The van der Waals surface area contributed by atoms with Crippen molar-refractivity contribution >= 4 is 44.7 Å². The van der Waals surface area contributed by atoms with Gasteiger partial charge in [-0.1, -0.05) is 61.5 Å². The average Bonchev–Trinajstić information content (AvgIpc) is 2.61. The molecule has 0 saturated carbocycles. The van der Waals surface area contributed by atoms with Gasteiger partial charge in [0, 0.05) is 12.6 Å². The molecule has 3 heteroatoms. The highest BCUT2D eigenvalue weighted by molar-refractivity contribution is 6.23. The summed E-state index contributed by atoms with van der Waals surface area (Å²) >= 11 is 0. The first-order chi connectivity index (χ1) is 11.3. The number of benzene rings is 4. The van der Waals surface area contributed by atoms with Crippen LogP contribution in [0.4, 0.5) is 0 Å². The summed E-state index contributed by atoms with van der Waals surface area (Å²) in [4.78, 5) is 0. The number of hydrogen-bond acceptors (Lipinski definition) is 2. The van der Waals surface area contributed by atoms with Gasteiger partial charge in [0.05, 0.1) is 6.61 Å². The van der Waals surface area contributed by atoms with Gasteiger partial charge in [0.2, 0.25) is 0 Å². The van der Waals surface area contributed by atoms with E-state index in [-0.39, 0.29) is 25.1 Å². The lowest BCUT2D eigenvalue weighted by Gasteiger charge is -2.17. The molecule has 0 aliphatic rings. The fourth-order valence-corrected chi connectivity index (χ4v) is 3.54. The number of aliphatic hydroxyl groups excluding tert-OH is 1. The van der Waals surface area contributed by atoms with E-state index in [1.165, 1.54) is 37.9 Å². The molecule has 1 unspecified atom stereocenters. The van der Waals surface area contributed by atoms with Gasteiger partial charge >= 0.3 is 0 Å². The van der Waals surface area contributed by atoms with Crippen molar-refractivity contribution in [1.82, 2.24) is 5.32 Å². The Kier molecular flexibility index (Phi) is 4.91. The Morgan fingerprint density at radius 2 is 1.50 bits per heavy atom. The van der Waals surface area contributed by atoms with E-state index in [4.69, 9.17) is 0 Å². The van der Waals surface area contributed by atoms with E-state index in [2.05, 4.69) is 66.8 Å². The van der Waals surface area contributed by atoms with Crippen LogP contribution in [0, 0.1) is 0 Å². The Morgan fingerprint density at radius 1 is 0.875 bits per heavy atom. The highest BCUT2D eigenvalue weighted by atomic mass is 35.5. The topological polar surface area (TPSA) is 32.3 Å². The maximum atomic E-state index is 9.38. The zero-order valence-electron chi connectivity index (χ0n) is 13.8. The van der Waals surface area contributed by atoms with Crippen molar-refractivity contribution in [3.8, 4) is 0 Å². The van der Waals surface area contributed by atoms with Crippen LogP contribution in [0.2, 0.25) is 0 Å². The number of aliphatic hydroxyl groups is 1.